The number of nitrogens with one attached hydrogen (secondary N) is 1. The Kier molecular flexibility index (Phi) is 5.88. The van der Waals surface area contributed by atoms with Gasteiger partial charge in [0.25, 0.3) is 0 Å². The lowest BCUT2D eigenvalue weighted by atomic mass is 9.80. The molecular weight excluding hydrogens is 288 g/mol. The Hall–Kier alpha value is -1.26. The van der Waals surface area contributed by atoms with Crippen molar-refractivity contribution >= 4 is 23.4 Å². The van der Waals surface area contributed by atoms with Crippen LogP contribution in [0.2, 0.25) is 5.02 Å². The smallest absolute Gasteiger partial charge is 0.411 e. The summed E-state index contributed by atoms with van der Waals surface area (Å²) in [6, 6.07) is 5.40. The quantitative estimate of drug-likeness (QED) is 0.884. The van der Waals surface area contributed by atoms with Crippen LogP contribution in [0.1, 0.15) is 31.2 Å². The van der Waals surface area contributed by atoms with Crippen molar-refractivity contribution in [2.24, 2.45) is 17.6 Å². The van der Waals surface area contributed by atoms with Crippen molar-refractivity contribution in [2.75, 3.05) is 18.5 Å². The molecule has 5 heteroatoms. The van der Waals surface area contributed by atoms with Gasteiger partial charge in [-0.25, -0.2) is 4.79 Å². The van der Waals surface area contributed by atoms with E-state index in [4.69, 9.17) is 22.1 Å². The van der Waals surface area contributed by atoms with Crippen LogP contribution >= 0.6 is 11.6 Å². The second-order valence-electron chi connectivity index (χ2n) is 5.73. The molecule has 1 saturated carbocycles. The van der Waals surface area contributed by atoms with E-state index in [0.717, 1.165) is 18.4 Å². The topological polar surface area (TPSA) is 64.3 Å². The van der Waals surface area contributed by atoms with Crippen LogP contribution in [0.15, 0.2) is 18.2 Å². The van der Waals surface area contributed by atoms with Gasteiger partial charge in [0.05, 0.1) is 6.61 Å². The molecule has 0 saturated heterocycles. The molecule has 116 valence electrons. The van der Waals surface area contributed by atoms with E-state index in [1.807, 2.05) is 19.1 Å². The van der Waals surface area contributed by atoms with E-state index in [9.17, 15) is 4.79 Å². The highest BCUT2D eigenvalue weighted by atomic mass is 35.5. The van der Waals surface area contributed by atoms with Gasteiger partial charge in [0.15, 0.2) is 0 Å². The summed E-state index contributed by atoms with van der Waals surface area (Å²) in [6.45, 7) is 3.02. The highest BCUT2D eigenvalue weighted by Crippen LogP contribution is 2.29. The average Bonchev–Trinajstić information content (AvgIpc) is 2.49. The SMILES string of the molecule is Cc1ccc(NC(=O)OCC2CCCCC2CN)cc1Cl. The number of carbonyl (C=O) groups is 1. The highest BCUT2D eigenvalue weighted by Gasteiger charge is 2.25. The number of ether oxygens (including phenoxy) is 1. The van der Waals surface area contributed by atoms with Crippen LogP contribution < -0.4 is 11.1 Å². The third-order valence-electron chi connectivity index (χ3n) is 4.22. The molecule has 2 unspecified atom stereocenters. The first-order valence-electron chi connectivity index (χ1n) is 7.50. The first kappa shape index (κ1) is 16.1. The summed E-state index contributed by atoms with van der Waals surface area (Å²) >= 11 is 6.03. The van der Waals surface area contributed by atoms with Crippen molar-refractivity contribution in [1.82, 2.24) is 0 Å². The van der Waals surface area contributed by atoms with Gasteiger partial charge >= 0.3 is 6.09 Å². The summed E-state index contributed by atoms with van der Waals surface area (Å²) in [5.41, 5.74) is 7.41. The van der Waals surface area contributed by atoms with Gasteiger partial charge in [0, 0.05) is 10.7 Å². The lowest BCUT2D eigenvalue weighted by Gasteiger charge is -2.30. The van der Waals surface area contributed by atoms with Crippen molar-refractivity contribution < 1.29 is 9.53 Å². The number of benzene rings is 1. The molecule has 0 heterocycles. The van der Waals surface area contributed by atoms with Gasteiger partial charge < -0.3 is 10.5 Å². The largest absolute Gasteiger partial charge is 0.449 e. The second kappa shape index (κ2) is 7.66. The Morgan fingerprint density at radius 2 is 2.10 bits per heavy atom. The molecule has 1 aromatic rings. The van der Waals surface area contributed by atoms with Crippen molar-refractivity contribution in [3.05, 3.63) is 28.8 Å². The third kappa shape index (κ3) is 4.61. The molecule has 3 N–H and O–H groups in total. The zero-order chi connectivity index (χ0) is 15.2. The number of hydrogen-bond acceptors (Lipinski definition) is 3. The molecule has 0 bridgehead atoms. The highest BCUT2D eigenvalue weighted by molar-refractivity contribution is 6.31. The molecule has 1 aromatic carbocycles. The number of rotatable bonds is 4. The van der Waals surface area contributed by atoms with E-state index in [1.165, 1.54) is 12.8 Å². The molecular formula is C16H23ClN2O2. The van der Waals surface area contributed by atoms with E-state index in [2.05, 4.69) is 5.32 Å². The van der Waals surface area contributed by atoms with E-state index in [-0.39, 0.29) is 0 Å². The number of hydrogen-bond donors (Lipinski definition) is 2. The van der Waals surface area contributed by atoms with Crippen LogP contribution in [0.4, 0.5) is 10.5 Å². The zero-order valence-electron chi connectivity index (χ0n) is 12.4. The van der Waals surface area contributed by atoms with Gasteiger partial charge in [0.1, 0.15) is 0 Å². The van der Waals surface area contributed by atoms with Crippen LogP contribution in [0.5, 0.6) is 0 Å². The van der Waals surface area contributed by atoms with E-state index in [0.29, 0.717) is 35.7 Å². The van der Waals surface area contributed by atoms with Crippen LogP contribution in [-0.4, -0.2) is 19.2 Å². The maximum atomic E-state index is 11.8. The van der Waals surface area contributed by atoms with Crippen molar-refractivity contribution in [2.45, 2.75) is 32.6 Å². The number of aryl methyl sites for hydroxylation is 1. The Morgan fingerprint density at radius 1 is 1.38 bits per heavy atom. The average molecular weight is 311 g/mol. The zero-order valence-corrected chi connectivity index (χ0v) is 13.2. The molecule has 2 atom stereocenters. The fraction of sp³-hybridized carbons (Fsp3) is 0.562. The third-order valence-corrected chi connectivity index (χ3v) is 4.62. The first-order valence-corrected chi connectivity index (χ1v) is 7.88. The normalized spacial score (nSPS) is 21.9. The summed E-state index contributed by atoms with van der Waals surface area (Å²) in [4.78, 5) is 11.8. The second-order valence-corrected chi connectivity index (χ2v) is 6.13. The summed E-state index contributed by atoms with van der Waals surface area (Å²) in [6.07, 6.45) is 4.22. The minimum Gasteiger partial charge on any atom is -0.449 e. The summed E-state index contributed by atoms with van der Waals surface area (Å²) < 4.78 is 5.34. The van der Waals surface area contributed by atoms with Crippen LogP contribution in [0.3, 0.4) is 0 Å². The lowest BCUT2D eigenvalue weighted by molar-refractivity contribution is 0.104. The molecule has 1 amide bonds. The van der Waals surface area contributed by atoms with E-state index in [1.54, 1.807) is 6.07 Å². The van der Waals surface area contributed by atoms with E-state index < -0.39 is 6.09 Å². The molecule has 0 spiro atoms. The molecule has 2 rings (SSSR count). The molecule has 1 aliphatic rings. The monoisotopic (exact) mass is 310 g/mol. The van der Waals surface area contributed by atoms with E-state index >= 15 is 0 Å². The van der Waals surface area contributed by atoms with Gasteiger partial charge in [0.2, 0.25) is 0 Å². The maximum Gasteiger partial charge on any atom is 0.411 e. The number of anilines is 1. The molecule has 1 fully saturated rings. The Bertz CT molecular complexity index is 493. The number of halogens is 1. The van der Waals surface area contributed by atoms with Crippen LogP contribution in [-0.2, 0) is 4.74 Å². The molecule has 4 nitrogen and oxygen atoms in total. The Balaban J connectivity index is 1.82. The van der Waals surface area contributed by atoms with Crippen LogP contribution in [0, 0.1) is 18.8 Å². The summed E-state index contributed by atoms with van der Waals surface area (Å²) in [5, 5.41) is 3.33. The minimum absolute atomic E-state index is 0.385. The lowest BCUT2D eigenvalue weighted by Crippen LogP contribution is -2.31. The van der Waals surface area contributed by atoms with Crippen molar-refractivity contribution in [3.8, 4) is 0 Å². The summed E-state index contributed by atoms with van der Waals surface area (Å²) in [7, 11) is 0. The standard InChI is InChI=1S/C16H23ClN2O2/c1-11-6-7-14(8-15(11)17)19-16(20)21-10-13-5-3-2-4-12(13)9-18/h6-8,12-13H,2-5,9-10,18H2,1H3,(H,19,20). The predicted octanol–water partition coefficient (Wildman–Crippen LogP) is 3.96. The van der Waals surface area contributed by atoms with Gasteiger partial charge in [-0.1, -0.05) is 30.5 Å². The van der Waals surface area contributed by atoms with Gasteiger partial charge in [-0.15, -0.1) is 0 Å². The van der Waals surface area contributed by atoms with Gasteiger partial charge in [-0.05, 0) is 55.8 Å². The Labute approximate surface area is 131 Å². The number of amides is 1. The molecule has 1 aliphatic carbocycles. The van der Waals surface area contributed by atoms with Crippen LogP contribution in [0.25, 0.3) is 0 Å². The molecule has 0 aromatic heterocycles. The molecule has 0 aliphatic heterocycles. The predicted molar refractivity (Wildman–Crippen MR) is 85.7 cm³/mol. The molecule has 0 radical (unpaired) electrons. The maximum absolute atomic E-state index is 11.8. The minimum atomic E-state index is -0.434. The fourth-order valence-electron chi connectivity index (χ4n) is 2.82. The Morgan fingerprint density at radius 3 is 2.76 bits per heavy atom. The fourth-order valence-corrected chi connectivity index (χ4v) is 3.00. The first-order chi connectivity index (χ1) is 10.1. The van der Waals surface area contributed by atoms with Gasteiger partial charge in [-0.2, -0.15) is 0 Å². The molecule has 21 heavy (non-hydrogen) atoms. The van der Waals surface area contributed by atoms with Crippen molar-refractivity contribution in [3.63, 3.8) is 0 Å². The number of nitrogens with two attached hydrogens (primary N) is 1. The van der Waals surface area contributed by atoms with Gasteiger partial charge in [-0.3, -0.25) is 5.32 Å². The van der Waals surface area contributed by atoms with Crippen molar-refractivity contribution in [1.29, 1.82) is 0 Å². The number of carbonyl (C=O) groups excluding carboxylic acids is 1. The summed E-state index contributed by atoms with van der Waals surface area (Å²) in [5.74, 6) is 0.858.